The quantitative estimate of drug-likeness (QED) is 0.810. The summed E-state index contributed by atoms with van der Waals surface area (Å²) in [6.07, 6.45) is 3.19. The highest BCUT2D eigenvalue weighted by molar-refractivity contribution is 7.92. The molecule has 0 spiro atoms. The van der Waals surface area contributed by atoms with Gasteiger partial charge in [-0.3, -0.25) is 4.72 Å². The number of benzene rings is 2. The molecule has 0 bridgehead atoms. The Morgan fingerprint density at radius 1 is 1.00 bits per heavy atom. The number of hydrogen-bond donors (Lipinski definition) is 1. The molecule has 8 heteroatoms. The highest BCUT2D eigenvalue weighted by Crippen LogP contribution is 2.34. The fraction of sp³-hybridized carbons (Fsp3) is 0.368. The van der Waals surface area contributed by atoms with E-state index in [0.717, 1.165) is 32.4 Å². The van der Waals surface area contributed by atoms with Crippen molar-refractivity contribution in [3.8, 4) is 11.5 Å². The molecular weight excluding hydrogens is 371 g/mol. The van der Waals surface area contributed by atoms with Gasteiger partial charge in [0.1, 0.15) is 22.2 Å². The fourth-order valence-corrected chi connectivity index (χ4v) is 4.41. The van der Waals surface area contributed by atoms with Crippen LogP contribution in [0.15, 0.2) is 41.3 Å². The number of anilines is 2. The lowest BCUT2D eigenvalue weighted by molar-refractivity contribution is 0.386. The summed E-state index contributed by atoms with van der Waals surface area (Å²) in [6, 6.07) is 8.59. The summed E-state index contributed by atoms with van der Waals surface area (Å²) in [6.45, 7) is 1.62. The first-order valence-electron chi connectivity index (χ1n) is 8.74. The third-order valence-corrected chi connectivity index (χ3v) is 5.96. The van der Waals surface area contributed by atoms with E-state index in [-0.39, 0.29) is 16.3 Å². The predicted molar refractivity (Wildman–Crippen MR) is 103 cm³/mol. The van der Waals surface area contributed by atoms with Crippen LogP contribution in [0.4, 0.5) is 15.8 Å². The summed E-state index contributed by atoms with van der Waals surface area (Å²) in [5.74, 6) is 0.124. The molecule has 0 unspecified atom stereocenters. The topological polar surface area (TPSA) is 67.9 Å². The Balaban J connectivity index is 1.97. The van der Waals surface area contributed by atoms with Crippen molar-refractivity contribution in [1.29, 1.82) is 0 Å². The van der Waals surface area contributed by atoms with E-state index in [1.54, 1.807) is 6.07 Å². The number of nitrogens with one attached hydrogen (secondary N) is 1. The second-order valence-electron chi connectivity index (χ2n) is 6.33. The monoisotopic (exact) mass is 394 g/mol. The molecular formula is C19H23FN2O4S. The number of methoxy groups -OCH3 is 2. The maximum absolute atomic E-state index is 13.8. The zero-order chi connectivity index (χ0) is 19.4. The van der Waals surface area contributed by atoms with Crippen molar-refractivity contribution in [3.05, 3.63) is 42.2 Å². The number of hydrogen-bond acceptors (Lipinski definition) is 5. The Labute approximate surface area is 159 Å². The van der Waals surface area contributed by atoms with Crippen molar-refractivity contribution in [1.82, 2.24) is 0 Å². The molecule has 2 aromatic carbocycles. The van der Waals surface area contributed by atoms with Gasteiger partial charge in [-0.25, -0.2) is 12.8 Å². The summed E-state index contributed by atoms with van der Waals surface area (Å²) in [5, 5.41) is 0. The van der Waals surface area contributed by atoms with Crippen LogP contribution < -0.4 is 19.1 Å². The van der Waals surface area contributed by atoms with Crippen LogP contribution in [0, 0.1) is 5.82 Å². The molecule has 2 aromatic rings. The lowest BCUT2D eigenvalue weighted by Crippen LogP contribution is -2.30. The number of ether oxygens (including phenoxy) is 2. The van der Waals surface area contributed by atoms with E-state index in [1.807, 2.05) is 0 Å². The van der Waals surface area contributed by atoms with E-state index < -0.39 is 15.8 Å². The molecule has 0 aromatic heterocycles. The molecule has 1 aliphatic rings. The SMILES string of the molecule is COc1ccc(S(=O)(=O)Nc2cc(F)ccc2N2CCCCC2)c(OC)c1. The van der Waals surface area contributed by atoms with Gasteiger partial charge in [-0.15, -0.1) is 0 Å². The van der Waals surface area contributed by atoms with Crippen molar-refractivity contribution in [2.75, 3.05) is 36.9 Å². The van der Waals surface area contributed by atoms with Gasteiger partial charge in [0.25, 0.3) is 10.0 Å². The van der Waals surface area contributed by atoms with Crippen LogP contribution in [0.25, 0.3) is 0 Å². The Kier molecular flexibility index (Phi) is 5.74. The number of sulfonamides is 1. The van der Waals surface area contributed by atoms with Crippen LogP contribution in [0.5, 0.6) is 11.5 Å². The van der Waals surface area contributed by atoms with Gasteiger partial charge >= 0.3 is 0 Å². The fourth-order valence-electron chi connectivity index (χ4n) is 3.20. The predicted octanol–water partition coefficient (Wildman–Crippen LogP) is 3.63. The van der Waals surface area contributed by atoms with Gasteiger partial charge in [-0.05, 0) is 43.5 Å². The minimum absolute atomic E-state index is 0.0420. The first-order valence-corrected chi connectivity index (χ1v) is 10.2. The first-order chi connectivity index (χ1) is 12.9. The van der Waals surface area contributed by atoms with Crippen LogP contribution in [0.3, 0.4) is 0 Å². The molecule has 0 atom stereocenters. The molecule has 1 saturated heterocycles. The van der Waals surface area contributed by atoms with Crippen molar-refractivity contribution >= 4 is 21.4 Å². The highest BCUT2D eigenvalue weighted by atomic mass is 32.2. The molecule has 0 aliphatic carbocycles. The number of halogens is 1. The molecule has 3 rings (SSSR count). The summed E-state index contributed by atoms with van der Waals surface area (Å²) < 4.78 is 52.6. The summed E-state index contributed by atoms with van der Waals surface area (Å²) in [7, 11) is -1.11. The summed E-state index contributed by atoms with van der Waals surface area (Å²) >= 11 is 0. The van der Waals surface area contributed by atoms with Crippen LogP contribution in [0.1, 0.15) is 19.3 Å². The lowest BCUT2D eigenvalue weighted by atomic mass is 10.1. The Morgan fingerprint density at radius 2 is 1.74 bits per heavy atom. The maximum Gasteiger partial charge on any atom is 0.265 e. The second-order valence-corrected chi connectivity index (χ2v) is 7.98. The van der Waals surface area contributed by atoms with E-state index in [4.69, 9.17) is 9.47 Å². The molecule has 1 aliphatic heterocycles. The molecule has 0 saturated carbocycles. The van der Waals surface area contributed by atoms with E-state index in [9.17, 15) is 12.8 Å². The van der Waals surface area contributed by atoms with Crippen LogP contribution in [-0.2, 0) is 10.0 Å². The molecule has 27 heavy (non-hydrogen) atoms. The largest absolute Gasteiger partial charge is 0.497 e. The van der Waals surface area contributed by atoms with Gasteiger partial charge in [0.2, 0.25) is 0 Å². The Bertz CT molecular complexity index is 912. The zero-order valence-electron chi connectivity index (χ0n) is 15.4. The third-order valence-electron chi connectivity index (χ3n) is 4.56. The van der Waals surface area contributed by atoms with Gasteiger partial charge in [-0.2, -0.15) is 0 Å². The molecule has 1 N–H and O–H groups in total. The average molecular weight is 394 g/mol. The minimum Gasteiger partial charge on any atom is -0.497 e. The molecule has 0 radical (unpaired) electrons. The van der Waals surface area contributed by atoms with E-state index in [1.165, 1.54) is 44.6 Å². The van der Waals surface area contributed by atoms with Gasteiger partial charge in [0.05, 0.1) is 25.6 Å². The number of piperidine rings is 1. The van der Waals surface area contributed by atoms with Crippen LogP contribution in [0.2, 0.25) is 0 Å². The first kappa shape index (κ1) is 19.3. The van der Waals surface area contributed by atoms with Crippen LogP contribution in [-0.4, -0.2) is 35.7 Å². The van der Waals surface area contributed by atoms with E-state index in [2.05, 4.69) is 9.62 Å². The minimum atomic E-state index is -3.98. The normalized spacial score (nSPS) is 14.7. The summed E-state index contributed by atoms with van der Waals surface area (Å²) in [5.41, 5.74) is 0.891. The Hall–Kier alpha value is -2.48. The van der Waals surface area contributed by atoms with Gasteiger partial charge in [0, 0.05) is 25.2 Å². The smallest absolute Gasteiger partial charge is 0.265 e. The average Bonchev–Trinajstić information content (AvgIpc) is 2.68. The van der Waals surface area contributed by atoms with Crippen molar-refractivity contribution in [2.45, 2.75) is 24.2 Å². The molecule has 6 nitrogen and oxygen atoms in total. The third kappa shape index (κ3) is 4.27. The van der Waals surface area contributed by atoms with E-state index >= 15 is 0 Å². The second kappa shape index (κ2) is 8.04. The molecule has 1 fully saturated rings. The molecule has 146 valence electrons. The molecule has 0 amide bonds. The van der Waals surface area contributed by atoms with Crippen molar-refractivity contribution in [3.63, 3.8) is 0 Å². The number of nitrogens with zero attached hydrogens (tertiary/aromatic N) is 1. The Morgan fingerprint density at radius 3 is 2.41 bits per heavy atom. The summed E-state index contributed by atoms with van der Waals surface area (Å²) in [4.78, 5) is 2.03. The van der Waals surface area contributed by atoms with E-state index in [0.29, 0.717) is 11.4 Å². The maximum atomic E-state index is 13.8. The number of rotatable bonds is 6. The van der Waals surface area contributed by atoms with Gasteiger partial charge in [0.15, 0.2) is 0 Å². The van der Waals surface area contributed by atoms with Gasteiger partial charge < -0.3 is 14.4 Å². The van der Waals surface area contributed by atoms with Crippen LogP contribution >= 0.6 is 0 Å². The molecule has 1 heterocycles. The standard InChI is InChI=1S/C19H23FN2O4S/c1-25-15-7-9-19(18(13-15)26-2)27(23,24)21-16-12-14(20)6-8-17(16)22-10-4-3-5-11-22/h6-9,12-13,21H,3-5,10-11H2,1-2H3. The lowest BCUT2D eigenvalue weighted by Gasteiger charge is -2.30. The van der Waals surface area contributed by atoms with Crippen molar-refractivity contribution < 1.29 is 22.3 Å². The highest BCUT2D eigenvalue weighted by Gasteiger charge is 2.23. The van der Waals surface area contributed by atoms with Crippen molar-refractivity contribution in [2.24, 2.45) is 0 Å². The van der Waals surface area contributed by atoms with Gasteiger partial charge in [-0.1, -0.05) is 0 Å². The zero-order valence-corrected chi connectivity index (χ0v) is 16.2.